The summed E-state index contributed by atoms with van der Waals surface area (Å²) < 4.78 is 38.4. The zero-order valence-electron chi connectivity index (χ0n) is 7.02. The van der Waals surface area contributed by atoms with Crippen LogP contribution in [0, 0.1) is 0 Å². The van der Waals surface area contributed by atoms with E-state index < -0.39 is 24.9 Å². The van der Waals surface area contributed by atoms with E-state index in [1.165, 1.54) is 0 Å². The summed E-state index contributed by atoms with van der Waals surface area (Å²) in [6.07, 6.45) is -5.61. The molecule has 4 nitrogen and oxygen atoms in total. The fourth-order valence-corrected chi connectivity index (χ4v) is 0.449. The Morgan fingerprint density at radius 3 is 2.54 bits per heavy atom. The van der Waals surface area contributed by atoms with Gasteiger partial charge in [-0.3, -0.25) is 0 Å². The predicted molar refractivity (Wildman–Crippen MR) is 39.1 cm³/mol. The molecule has 0 unspecified atom stereocenters. The molecule has 0 aliphatic rings. The second-order valence-corrected chi connectivity index (χ2v) is 2.47. The van der Waals surface area contributed by atoms with Crippen LogP contribution in [0.15, 0.2) is 0 Å². The summed E-state index contributed by atoms with van der Waals surface area (Å²) in [4.78, 5) is 10.6. The van der Waals surface area contributed by atoms with Crippen LogP contribution in [0.25, 0.3) is 0 Å². The van der Waals surface area contributed by atoms with Crippen LogP contribution in [0.2, 0.25) is 0 Å². The van der Waals surface area contributed by atoms with Crippen LogP contribution in [0.4, 0.5) is 18.0 Å². The third-order valence-electron chi connectivity index (χ3n) is 1.08. The van der Waals surface area contributed by atoms with Gasteiger partial charge in [-0.2, -0.15) is 13.2 Å². The van der Waals surface area contributed by atoms with Crippen LogP contribution in [-0.2, 0) is 4.74 Å². The molecule has 0 aromatic carbocycles. The number of alkyl halides is 3. The molecule has 0 aromatic rings. The first-order chi connectivity index (χ1) is 5.85. The average Bonchev–Trinajstić information content (AvgIpc) is 1.99. The molecule has 0 bridgehead atoms. The highest BCUT2D eigenvalue weighted by atomic mass is 19.4. The molecule has 0 aliphatic carbocycles. The maximum absolute atomic E-state index is 11.5. The summed E-state index contributed by atoms with van der Waals surface area (Å²) >= 11 is 0. The lowest BCUT2D eigenvalue weighted by Gasteiger charge is -2.12. The van der Waals surface area contributed by atoms with Gasteiger partial charge < -0.3 is 15.8 Å². The lowest BCUT2D eigenvalue weighted by atomic mass is 10.3. The monoisotopic (exact) mass is 200 g/mol. The van der Waals surface area contributed by atoms with Crippen molar-refractivity contribution in [3.8, 4) is 0 Å². The van der Waals surface area contributed by atoms with Crippen LogP contribution in [0.1, 0.15) is 6.92 Å². The van der Waals surface area contributed by atoms with Crippen molar-refractivity contribution in [3.05, 3.63) is 0 Å². The lowest BCUT2D eigenvalue weighted by molar-refractivity contribution is -0.160. The van der Waals surface area contributed by atoms with E-state index >= 15 is 0 Å². The number of hydrogen-bond acceptors (Lipinski definition) is 3. The van der Waals surface area contributed by atoms with Gasteiger partial charge in [-0.05, 0) is 6.92 Å². The summed E-state index contributed by atoms with van der Waals surface area (Å²) in [5.41, 5.74) is 5.11. The number of halogens is 3. The van der Waals surface area contributed by atoms with Crippen LogP contribution < -0.4 is 11.1 Å². The Balaban J connectivity index is 3.64. The number of carbonyl (C=O) groups is 1. The smallest absolute Gasteiger partial charge is 0.422 e. The molecule has 0 radical (unpaired) electrons. The van der Waals surface area contributed by atoms with Crippen molar-refractivity contribution in [2.45, 2.75) is 19.1 Å². The van der Waals surface area contributed by atoms with Crippen LogP contribution in [-0.4, -0.2) is 31.5 Å². The van der Waals surface area contributed by atoms with Crippen molar-refractivity contribution in [1.82, 2.24) is 5.32 Å². The van der Waals surface area contributed by atoms with E-state index in [9.17, 15) is 18.0 Å². The van der Waals surface area contributed by atoms with Crippen molar-refractivity contribution >= 4 is 6.09 Å². The highest BCUT2D eigenvalue weighted by Gasteiger charge is 2.29. The largest absolute Gasteiger partial charge is 0.440 e. The van der Waals surface area contributed by atoms with Crippen molar-refractivity contribution in [3.63, 3.8) is 0 Å². The van der Waals surface area contributed by atoms with Crippen molar-refractivity contribution in [1.29, 1.82) is 0 Å². The van der Waals surface area contributed by atoms with Gasteiger partial charge in [0.25, 0.3) is 0 Å². The molecule has 0 saturated carbocycles. The van der Waals surface area contributed by atoms with E-state index in [0.29, 0.717) is 0 Å². The number of ether oxygens (including phenoxy) is 1. The Morgan fingerprint density at radius 2 is 2.15 bits per heavy atom. The zero-order chi connectivity index (χ0) is 10.5. The Morgan fingerprint density at radius 1 is 1.62 bits per heavy atom. The molecule has 1 amide bonds. The number of hydrogen-bond donors (Lipinski definition) is 2. The summed E-state index contributed by atoms with van der Waals surface area (Å²) in [5.74, 6) is 0. The van der Waals surface area contributed by atoms with E-state index in [-0.39, 0.29) is 6.54 Å². The first kappa shape index (κ1) is 12.0. The number of amides is 1. The molecule has 0 aromatic heterocycles. The minimum Gasteiger partial charge on any atom is -0.440 e. The average molecular weight is 200 g/mol. The number of nitrogens with two attached hydrogens (primary N) is 1. The van der Waals surface area contributed by atoms with Gasteiger partial charge in [0.15, 0.2) is 6.61 Å². The second kappa shape index (κ2) is 4.90. The fourth-order valence-electron chi connectivity index (χ4n) is 0.449. The van der Waals surface area contributed by atoms with Gasteiger partial charge in [0.1, 0.15) is 0 Å². The van der Waals surface area contributed by atoms with Crippen LogP contribution >= 0.6 is 0 Å². The van der Waals surface area contributed by atoms with Crippen molar-refractivity contribution in [2.24, 2.45) is 5.73 Å². The first-order valence-electron chi connectivity index (χ1n) is 3.55. The molecule has 0 heterocycles. The molecular weight excluding hydrogens is 189 g/mol. The third-order valence-corrected chi connectivity index (χ3v) is 1.08. The number of carbonyl (C=O) groups excluding carboxylic acids is 1. The summed E-state index contributed by atoms with van der Waals surface area (Å²) in [5, 5.41) is 2.12. The number of rotatable bonds is 3. The van der Waals surface area contributed by atoms with Gasteiger partial charge in [0.05, 0.1) is 0 Å². The van der Waals surface area contributed by atoms with Gasteiger partial charge in [-0.1, -0.05) is 0 Å². The van der Waals surface area contributed by atoms with Gasteiger partial charge >= 0.3 is 12.3 Å². The molecule has 7 heteroatoms. The standard InChI is InChI=1S/C6H11F3N2O2/c1-4(2-10)11-5(12)13-3-6(7,8)9/h4H,2-3,10H2,1H3,(H,11,12)/t4-/m0/s1. The van der Waals surface area contributed by atoms with Gasteiger partial charge in [0, 0.05) is 12.6 Å². The topological polar surface area (TPSA) is 64.3 Å². The highest BCUT2D eigenvalue weighted by molar-refractivity contribution is 5.67. The van der Waals surface area contributed by atoms with E-state index in [0.717, 1.165) is 0 Å². The number of nitrogens with one attached hydrogen (secondary N) is 1. The Hall–Kier alpha value is -0.980. The Labute approximate surface area is 73.2 Å². The quantitative estimate of drug-likeness (QED) is 0.702. The molecule has 0 spiro atoms. The van der Waals surface area contributed by atoms with Gasteiger partial charge in [-0.15, -0.1) is 0 Å². The van der Waals surface area contributed by atoms with E-state index in [1.807, 2.05) is 0 Å². The van der Waals surface area contributed by atoms with Gasteiger partial charge in [-0.25, -0.2) is 4.79 Å². The molecule has 0 aliphatic heterocycles. The summed E-state index contributed by atoms with van der Waals surface area (Å²) in [6.45, 7) is 0.103. The van der Waals surface area contributed by atoms with Crippen molar-refractivity contribution < 1.29 is 22.7 Å². The van der Waals surface area contributed by atoms with Gasteiger partial charge in [0.2, 0.25) is 0 Å². The molecule has 78 valence electrons. The third kappa shape index (κ3) is 7.38. The summed E-state index contributed by atoms with van der Waals surface area (Å²) in [7, 11) is 0. The van der Waals surface area contributed by atoms with Crippen molar-refractivity contribution in [2.75, 3.05) is 13.2 Å². The first-order valence-corrected chi connectivity index (χ1v) is 3.55. The van der Waals surface area contributed by atoms with E-state index in [2.05, 4.69) is 10.1 Å². The van der Waals surface area contributed by atoms with Crippen LogP contribution in [0.3, 0.4) is 0 Å². The molecule has 1 atom stereocenters. The maximum Gasteiger partial charge on any atom is 0.422 e. The fraction of sp³-hybridized carbons (Fsp3) is 0.833. The molecule has 3 N–H and O–H groups in total. The molecular formula is C6H11F3N2O2. The zero-order valence-corrected chi connectivity index (χ0v) is 7.02. The molecule has 0 saturated heterocycles. The van der Waals surface area contributed by atoms with Crippen LogP contribution in [0.5, 0.6) is 0 Å². The highest BCUT2D eigenvalue weighted by Crippen LogP contribution is 2.14. The number of alkyl carbamates (subject to hydrolysis) is 1. The Kier molecular flexibility index (Phi) is 4.53. The molecule has 0 rings (SSSR count). The maximum atomic E-state index is 11.5. The SMILES string of the molecule is C[C@@H](CN)NC(=O)OCC(F)(F)F. The predicted octanol–water partition coefficient (Wildman–Crippen LogP) is 0.622. The van der Waals surface area contributed by atoms with E-state index in [1.54, 1.807) is 6.92 Å². The normalized spacial score (nSPS) is 13.6. The molecule has 13 heavy (non-hydrogen) atoms. The van der Waals surface area contributed by atoms with E-state index in [4.69, 9.17) is 5.73 Å². The molecule has 0 fully saturated rings. The second-order valence-electron chi connectivity index (χ2n) is 2.47. The summed E-state index contributed by atoms with van der Waals surface area (Å²) in [6, 6.07) is -0.402. The Bertz CT molecular complexity index is 172. The minimum absolute atomic E-state index is 0.140. The lowest BCUT2D eigenvalue weighted by Crippen LogP contribution is -2.39. The minimum atomic E-state index is -4.50.